The lowest BCUT2D eigenvalue weighted by molar-refractivity contribution is 0.143. The molecule has 0 amide bonds. The third-order valence-corrected chi connectivity index (χ3v) is 2.85. The number of nitrogens with two attached hydrogens (primary N) is 1. The minimum Gasteiger partial charge on any atom is -0.471 e. The summed E-state index contributed by atoms with van der Waals surface area (Å²) in [4.78, 5) is 4.09. The number of pyridine rings is 1. The first-order valence-electron chi connectivity index (χ1n) is 5.29. The van der Waals surface area contributed by atoms with Crippen LogP contribution in [0.4, 0.5) is 0 Å². The molecule has 1 aliphatic heterocycles. The number of rotatable bonds is 1. The van der Waals surface area contributed by atoms with Gasteiger partial charge in [0.15, 0.2) is 5.88 Å². The predicted molar refractivity (Wildman–Crippen MR) is 62.5 cm³/mol. The Balaban J connectivity index is 1.99. The quantitative estimate of drug-likeness (QED) is 0.790. The summed E-state index contributed by atoms with van der Waals surface area (Å²) < 4.78 is 5.52. The molecule has 1 atom stereocenters. The summed E-state index contributed by atoms with van der Waals surface area (Å²) in [5, 5.41) is 2.33. The van der Waals surface area contributed by atoms with E-state index in [2.05, 4.69) is 23.2 Å². The van der Waals surface area contributed by atoms with E-state index in [1.165, 1.54) is 5.39 Å². The smallest absolute Gasteiger partial charge is 0.180 e. The molecule has 2 heterocycles. The highest BCUT2D eigenvalue weighted by molar-refractivity contribution is 5.82. The molecule has 0 saturated carbocycles. The van der Waals surface area contributed by atoms with Crippen LogP contribution in [-0.2, 0) is 4.74 Å². The molecule has 0 saturated heterocycles. The summed E-state index contributed by atoms with van der Waals surface area (Å²) in [5.74, 6) is 0.528. The second-order valence-corrected chi connectivity index (χ2v) is 3.93. The largest absolute Gasteiger partial charge is 0.471 e. The Bertz CT molecular complexity index is 563. The number of nitrogens with zero attached hydrogens (tertiary/aromatic N) is 1. The third kappa shape index (κ3) is 1.50. The first kappa shape index (κ1) is 9.21. The number of hydrogen-bond acceptors (Lipinski definition) is 3. The maximum atomic E-state index is 5.60. The summed E-state index contributed by atoms with van der Waals surface area (Å²) in [6, 6.07) is 8.27. The van der Waals surface area contributed by atoms with E-state index in [1.807, 2.05) is 18.3 Å². The van der Waals surface area contributed by atoms with Gasteiger partial charge in [0.2, 0.25) is 0 Å². The minimum atomic E-state index is 0.0672. The fourth-order valence-corrected chi connectivity index (χ4v) is 1.99. The van der Waals surface area contributed by atoms with Crippen LogP contribution in [0.1, 0.15) is 18.1 Å². The first-order valence-corrected chi connectivity index (χ1v) is 5.29. The van der Waals surface area contributed by atoms with E-state index in [1.54, 1.807) is 6.20 Å². The van der Waals surface area contributed by atoms with Crippen molar-refractivity contribution in [2.45, 2.75) is 12.5 Å². The number of ether oxygens (including phenoxy) is 1. The van der Waals surface area contributed by atoms with Crippen molar-refractivity contribution in [2.24, 2.45) is 5.73 Å². The Morgan fingerprint density at radius 1 is 1.25 bits per heavy atom. The highest BCUT2D eigenvalue weighted by Crippen LogP contribution is 2.30. The van der Waals surface area contributed by atoms with Crippen molar-refractivity contribution in [2.75, 3.05) is 0 Å². The van der Waals surface area contributed by atoms with Crippen LogP contribution in [0.3, 0.4) is 0 Å². The predicted octanol–water partition coefficient (Wildman–Crippen LogP) is 2.50. The SMILES string of the molecule is NC1=CCC(c2ccc3cnccc3c2)O1. The zero-order chi connectivity index (χ0) is 11.0. The molecule has 80 valence electrons. The van der Waals surface area contributed by atoms with E-state index < -0.39 is 0 Å². The molecule has 1 aromatic carbocycles. The van der Waals surface area contributed by atoms with E-state index in [-0.39, 0.29) is 6.10 Å². The van der Waals surface area contributed by atoms with Gasteiger partial charge in [-0.1, -0.05) is 12.1 Å². The Kier molecular flexibility index (Phi) is 2.03. The van der Waals surface area contributed by atoms with Crippen molar-refractivity contribution in [1.29, 1.82) is 0 Å². The molecule has 0 fully saturated rings. The van der Waals surface area contributed by atoms with Crippen molar-refractivity contribution < 1.29 is 4.74 Å². The summed E-state index contributed by atoms with van der Waals surface area (Å²) in [6.45, 7) is 0. The highest BCUT2D eigenvalue weighted by Gasteiger charge is 2.18. The lowest BCUT2D eigenvalue weighted by atomic mass is 10.0. The fourth-order valence-electron chi connectivity index (χ4n) is 1.99. The maximum Gasteiger partial charge on any atom is 0.180 e. The van der Waals surface area contributed by atoms with Crippen LogP contribution in [0.5, 0.6) is 0 Å². The Labute approximate surface area is 93.6 Å². The topological polar surface area (TPSA) is 48.1 Å². The Hall–Kier alpha value is -2.03. The molecule has 1 aliphatic rings. The molecule has 0 bridgehead atoms. The van der Waals surface area contributed by atoms with Crippen molar-refractivity contribution in [3.63, 3.8) is 0 Å². The molecule has 2 N–H and O–H groups in total. The van der Waals surface area contributed by atoms with Crippen LogP contribution in [-0.4, -0.2) is 4.98 Å². The summed E-state index contributed by atoms with van der Waals surface area (Å²) in [6.07, 6.45) is 6.50. The van der Waals surface area contributed by atoms with Gasteiger partial charge < -0.3 is 10.5 Å². The van der Waals surface area contributed by atoms with Crippen LogP contribution in [0, 0.1) is 0 Å². The Morgan fingerprint density at radius 2 is 2.19 bits per heavy atom. The molecule has 1 aromatic heterocycles. The number of aromatic nitrogens is 1. The van der Waals surface area contributed by atoms with Gasteiger partial charge in [0.05, 0.1) is 0 Å². The molecular formula is C13H12N2O. The normalized spacial score (nSPS) is 19.5. The second kappa shape index (κ2) is 3.52. The number of hydrogen-bond donors (Lipinski definition) is 1. The zero-order valence-electron chi connectivity index (χ0n) is 8.76. The van der Waals surface area contributed by atoms with Crippen LogP contribution >= 0.6 is 0 Å². The first-order chi connectivity index (χ1) is 7.83. The van der Waals surface area contributed by atoms with Gasteiger partial charge in [-0.05, 0) is 29.2 Å². The average Bonchev–Trinajstić information content (AvgIpc) is 2.75. The molecule has 2 aromatic rings. The van der Waals surface area contributed by atoms with E-state index in [9.17, 15) is 0 Å². The maximum absolute atomic E-state index is 5.60. The van der Waals surface area contributed by atoms with Crippen LogP contribution in [0.25, 0.3) is 10.8 Å². The minimum absolute atomic E-state index is 0.0672. The van der Waals surface area contributed by atoms with Crippen LogP contribution in [0.15, 0.2) is 48.6 Å². The summed E-state index contributed by atoms with van der Waals surface area (Å²) in [7, 11) is 0. The third-order valence-electron chi connectivity index (χ3n) is 2.85. The molecule has 16 heavy (non-hydrogen) atoms. The van der Waals surface area contributed by atoms with E-state index >= 15 is 0 Å². The van der Waals surface area contributed by atoms with Crippen molar-refractivity contribution in [3.8, 4) is 0 Å². The zero-order valence-corrected chi connectivity index (χ0v) is 8.76. The van der Waals surface area contributed by atoms with Gasteiger partial charge in [-0.15, -0.1) is 0 Å². The van der Waals surface area contributed by atoms with Gasteiger partial charge in [0.25, 0.3) is 0 Å². The van der Waals surface area contributed by atoms with Crippen molar-refractivity contribution in [3.05, 3.63) is 54.2 Å². The van der Waals surface area contributed by atoms with Gasteiger partial charge in [-0.3, -0.25) is 4.98 Å². The lowest BCUT2D eigenvalue weighted by Crippen LogP contribution is -2.01. The van der Waals surface area contributed by atoms with Crippen LogP contribution < -0.4 is 5.73 Å². The van der Waals surface area contributed by atoms with Gasteiger partial charge >= 0.3 is 0 Å². The van der Waals surface area contributed by atoms with Gasteiger partial charge in [-0.2, -0.15) is 0 Å². The molecule has 3 heteroatoms. The van der Waals surface area contributed by atoms with Gasteiger partial charge in [0.1, 0.15) is 6.10 Å². The number of fused-ring (bicyclic) bond motifs is 1. The van der Waals surface area contributed by atoms with E-state index in [0.29, 0.717) is 5.88 Å². The van der Waals surface area contributed by atoms with E-state index in [4.69, 9.17) is 10.5 Å². The molecular weight excluding hydrogens is 200 g/mol. The van der Waals surface area contributed by atoms with Crippen molar-refractivity contribution >= 4 is 10.8 Å². The molecule has 0 radical (unpaired) electrons. The van der Waals surface area contributed by atoms with Crippen molar-refractivity contribution in [1.82, 2.24) is 4.98 Å². The van der Waals surface area contributed by atoms with E-state index in [0.717, 1.165) is 17.4 Å². The number of benzene rings is 1. The molecule has 3 rings (SSSR count). The average molecular weight is 212 g/mol. The summed E-state index contributed by atoms with van der Waals surface area (Å²) in [5.41, 5.74) is 6.77. The van der Waals surface area contributed by atoms with Crippen LogP contribution in [0.2, 0.25) is 0 Å². The molecule has 1 unspecified atom stereocenters. The lowest BCUT2D eigenvalue weighted by Gasteiger charge is -2.12. The monoisotopic (exact) mass is 212 g/mol. The molecule has 0 aliphatic carbocycles. The fraction of sp³-hybridized carbons (Fsp3) is 0.154. The highest BCUT2D eigenvalue weighted by atomic mass is 16.5. The molecule has 3 nitrogen and oxygen atoms in total. The summed E-state index contributed by atoms with van der Waals surface area (Å²) >= 11 is 0. The standard InChI is InChI=1S/C13H12N2O/c14-13-4-3-12(16-13)10-1-2-11-8-15-6-5-9(11)7-10/h1-2,4-8,12H,3,14H2. The second-order valence-electron chi connectivity index (χ2n) is 3.93. The molecule has 0 spiro atoms. The Morgan fingerprint density at radius 3 is 3.00 bits per heavy atom. The van der Waals surface area contributed by atoms with Gasteiger partial charge in [-0.25, -0.2) is 0 Å². The van der Waals surface area contributed by atoms with Gasteiger partial charge in [0, 0.05) is 24.2 Å².